The molecular formula is C34H59N4O7+. The fourth-order valence-corrected chi connectivity index (χ4v) is 9.47. The van der Waals surface area contributed by atoms with Gasteiger partial charge in [0, 0.05) is 43.6 Å². The molecule has 0 aromatic rings. The number of ketones is 1. The topological polar surface area (TPSA) is 175 Å². The molecule has 15 atom stereocenters. The van der Waals surface area contributed by atoms with Crippen molar-refractivity contribution in [1.29, 1.82) is 0 Å². The summed E-state index contributed by atoms with van der Waals surface area (Å²) in [7, 11) is 0. The van der Waals surface area contributed by atoms with Crippen LogP contribution >= 0.6 is 0 Å². The number of carbonyl (C=O) groups excluding carboxylic acids is 2. The molecule has 1 aliphatic carbocycles. The predicted molar refractivity (Wildman–Crippen MR) is 166 cm³/mol. The number of nitrogens with one attached hydrogen (secondary N) is 1. The van der Waals surface area contributed by atoms with E-state index in [1.807, 2.05) is 27.7 Å². The molecule has 0 aromatic carbocycles. The van der Waals surface area contributed by atoms with Crippen molar-refractivity contribution in [3.05, 3.63) is 0 Å². The second-order valence-electron chi connectivity index (χ2n) is 16.5. The minimum atomic E-state index is -0.989. The summed E-state index contributed by atoms with van der Waals surface area (Å²) in [6, 6.07) is 0.901. The van der Waals surface area contributed by atoms with Crippen LogP contribution < -0.4 is 22.1 Å². The van der Waals surface area contributed by atoms with Crippen molar-refractivity contribution in [1.82, 2.24) is 5.32 Å². The summed E-state index contributed by atoms with van der Waals surface area (Å²) in [5, 5.41) is 17.3. The third kappa shape index (κ3) is 6.88. The zero-order valence-electron chi connectivity index (χ0n) is 28.2. The molecule has 5 aliphatic heterocycles. The molecule has 8 N–H and O–H groups in total. The number of piperidine rings is 2. The van der Waals surface area contributed by atoms with Gasteiger partial charge in [0.2, 0.25) is 0 Å². The number of aliphatic hydroxyl groups excluding tert-OH is 1. The fourth-order valence-electron chi connectivity index (χ4n) is 9.47. The number of hydrogen-bond donors (Lipinski definition) is 5. The number of rotatable bonds is 7. The molecule has 11 nitrogen and oxygen atoms in total. The number of fused-ring (bicyclic) bond motifs is 2. The smallest absolute Gasteiger partial charge is 0.341 e. The first kappa shape index (κ1) is 33.7. The van der Waals surface area contributed by atoms with Gasteiger partial charge in [0.05, 0.1) is 54.2 Å². The van der Waals surface area contributed by atoms with Crippen LogP contribution in [-0.4, -0.2) is 89.1 Å². The van der Waals surface area contributed by atoms with E-state index in [1.54, 1.807) is 0 Å². The first-order valence-corrected chi connectivity index (χ1v) is 17.7. The van der Waals surface area contributed by atoms with Crippen molar-refractivity contribution in [2.45, 2.75) is 172 Å². The summed E-state index contributed by atoms with van der Waals surface area (Å²) in [6.45, 7) is 12.1. The maximum atomic E-state index is 13.5. The van der Waals surface area contributed by atoms with Crippen LogP contribution in [0.4, 0.5) is 0 Å². The van der Waals surface area contributed by atoms with E-state index in [9.17, 15) is 14.7 Å². The normalized spacial score (nSPS) is 49.6. The quantitative estimate of drug-likeness (QED) is 0.201. The summed E-state index contributed by atoms with van der Waals surface area (Å²) in [6.07, 6.45) is 4.87. The Morgan fingerprint density at radius 1 is 1.07 bits per heavy atom. The van der Waals surface area contributed by atoms with Crippen LogP contribution in [0.2, 0.25) is 0 Å². The van der Waals surface area contributed by atoms with Crippen LogP contribution in [-0.2, 0) is 28.5 Å². The van der Waals surface area contributed by atoms with Gasteiger partial charge in [-0.2, -0.15) is 0 Å². The third-order valence-electron chi connectivity index (χ3n) is 12.2. The number of carbonyl (C=O) groups is 2. The van der Waals surface area contributed by atoms with Gasteiger partial charge in [0.1, 0.15) is 18.1 Å². The molecule has 0 bridgehead atoms. The molecule has 5 saturated heterocycles. The summed E-state index contributed by atoms with van der Waals surface area (Å²) in [4.78, 5) is 26.4. The van der Waals surface area contributed by atoms with Gasteiger partial charge < -0.3 is 35.1 Å². The first-order chi connectivity index (χ1) is 21.1. The van der Waals surface area contributed by atoms with E-state index < -0.39 is 29.3 Å². The van der Waals surface area contributed by atoms with Crippen molar-refractivity contribution >= 4 is 11.8 Å². The molecule has 6 rings (SSSR count). The van der Waals surface area contributed by atoms with Crippen molar-refractivity contribution < 1.29 is 39.0 Å². The number of ether oxygens (including phenoxy) is 4. The predicted octanol–water partition coefficient (Wildman–Crippen LogP) is 1.08. The van der Waals surface area contributed by atoms with Gasteiger partial charge in [0.15, 0.2) is 5.60 Å². The highest BCUT2D eigenvalue weighted by Crippen LogP contribution is 2.48. The summed E-state index contributed by atoms with van der Waals surface area (Å²) < 4.78 is 24.7. The van der Waals surface area contributed by atoms with E-state index in [4.69, 9.17) is 30.4 Å². The molecule has 5 heterocycles. The van der Waals surface area contributed by atoms with Crippen LogP contribution in [0, 0.1) is 29.6 Å². The average molecular weight is 636 g/mol. The van der Waals surface area contributed by atoms with E-state index in [2.05, 4.69) is 24.5 Å². The van der Waals surface area contributed by atoms with Gasteiger partial charge >= 0.3 is 5.97 Å². The Balaban J connectivity index is 1.02. The molecule has 0 spiro atoms. The van der Waals surface area contributed by atoms with Crippen LogP contribution in [0.5, 0.6) is 0 Å². The number of esters is 1. The minimum absolute atomic E-state index is 0.0357. The molecule has 256 valence electrons. The zero-order chi connectivity index (χ0) is 32.4. The molecule has 11 heteroatoms. The molecule has 6 fully saturated rings. The average Bonchev–Trinajstić information content (AvgIpc) is 3.62. The molecular weight excluding hydrogens is 576 g/mol. The van der Waals surface area contributed by atoms with Gasteiger partial charge in [-0.05, 0) is 71.6 Å². The Labute approximate surface area is 268 Å². The van der Waals surface area contributed by atoms with E-state index in [1.165, 1.54) is 0 Å². The Kier molecular flexibility index (Phi) is 9.51. The SMILES string of the molecule is CC1CC(=O)C2C(CC3OC(C)(C)C(OC(=O)C4(C)OC4CCC4CC(N)NC(C5CC(N)[NH2+]C(C(C)C)C5)C4)CC3C2O)O1. The highest BCUT2D eigenvalue weighted by molar-refractivity contribution is 5.84. The van der Waals surface area contributed by atoms with Gasteiger partial charge in [-0.25, -0.2) is 4.79 Å². The fraction of sp³-hybridized carbons (Fsp3) is 0.941. The lowest BCUT2D eigenvalue weighted by Crippen LogP contribution is -3.00. The lowest BCUT2D eigenvalue weighted by atomic mass is 9.67. The number of quaternary nitrogens is 1. The number of nitrogens with two attached hydrogens (primary N) is 3. The standard InChI is InChI=1S/C34H58N4O7/c1-16(2)21-12-19(13-29(36)37-21)22-10-18(11-28(35)38-22)7-8-26-34(6,45-26)32(41)43-27-14-20-24(44-33(27,4)5)15-25-30(31(20)40)23(39)9-17(3)42-25/h16-22,24-31,37-38,40H,7-15,35-36H2,1-6H3/p+1. The van der Waals surface area contributed by atoms with E-state index in [0.29, 0.717) is 49.1 Å². The van der Waals surface area contributed by atoms with Crippen LogP contribution in [0.25, 0.3) is 0 Å². The zero-order valence-corrected chi connectivity index (χ0v) is 28.2. The first-order valence-electron chi connectivity index (χ1n) is 17.7. The molecule has 15 unspecified atom stereocenters. The number of epoxide rings is 1. The van der Waals surface area contributed by atoms with Gasteiger partial charge in [0.25, 0.3) is 0 Å². The number of Topliss-reactive ketones (excluding diaryl/α,β-unsaturated/α-hetero) is 1. The van der Waals surface area contributed by atoms with Gasteiger partial charge in [-0.15, -0.1) is 0 Å². The van der Waals surface area contributed by atoms with Crippen molar-refractivity contribution in [3.8, 4) is 0 Å². The Morgan fingerprint density at radius 2 is 1.82 bits per heavy atom. The minimum Gasteiger partial charge on any atom is -0.457 e. The van der Waals surface area contributed by atoms with Crippen LogP contribution in [0.1, 0.15) is 99.3 Å². The highest BCUT2D eigenvalue weighted by Gasteiger charge is 2.62. The number of hydrogen-bond acceptors (Lipinski definition) is 10. The van der Waals surface area contributed by atoms with Crippen LogP contribution in [0.3, 0.4) is 0 Å². The maximum absolute atomic E-state index is 13.5. The monoisotopic (exact) mass is 635 g/mol. The van der Waals surface area contributed by atoms with E-state index >= 15 is 0 Å². The van der Waals surface area contributed by atoms with Crippen molar-refractivity contribution in [3.63, 3.8) is 0 Å². The lowest BCUT2D eigenvalue weighted by molar-refractivity contribution is -0.737. The Hall–Kier alpha value is -1.18. The second-order valence-corrected chi connectivity index (χ2v) is 16.5. The summed E-state index contributed by atoms with van der Waals surface area (Å²) in [5.74, 6) is 0.383. The third-order valence-corrected chi connectivity index (χ3v) is 12.2. The molecule has 0 radical (unpaired) electrons. The maximum Gasteiger partial charge on any atom is 0.341 e. The summed E-state index contributed by atoms with van der Waals surface area (Å²) in [5.41, 5.74) is 11.2. The van der Waals surface area contributed by atoms with Crippen molar-refractivity contribution in [2.24, 2.45) is 41.1 Å². The Bertz CT molecular complexity index is 1110. The van der Waals surface area contributed by atoms with Gasteiger partial charge in [-0.1, -0.05) is 13.8 Å². The molecule has 1 saturated carbocycles. The largest absolute Gasteiger partial charge is 0.457 e. The van der Waals surface area contributed by atoms with E-state index in [0.717, 1.165) is 38.5 Å². The Morgan fingerprint density at radius 3 is 2.56 bits per heavy atom. The van der Waals surface area contributed by atoms with E-state index in [-0.39, 0.29) is 54.4 Å². The van der Waals surface area contributed by atoms with Crippen LogP contribution in [0.15, 0.2) is 0 Å². The molecule has 6 aliphatic rings. The number of aliphatic hydroxyl groups is 1. The molecule has 0 amide bonds. The van der Waals surface area contributed by atoms with Crippen molar-refractivity contribution in [2.75, 3.05) is 0 Å². The summed E-state index contributed by atoms with van der Waals surface area (Å²) >= 11 is 0. The molecule has 0 aromatic heterocycles. The lowest BCUT2D eigenvalue weighted by Gasteiger charge is -2.53. The van der Waals surface area contributed by atoms with Gasteiger partial charge in [-0.3, -0.25) is 15.8 Å². The second kappa shape index (κ2) is 12.7. The molecule has 45 heavy (non-hydrogen) atoms. The highest BCUT2D eigenvalue weighted by atomic mass is 16.7.